The molecule has 25 heavy (non-hydrogen) atoms. The second-order valence-electron chi connectivity index (χ2n) is 6.09. The molecule has 0 aliphatic carbocycles. The number of hydrogen-bond donors (Lipinski definition) is 1. The highest BCUT2D eigenvalue weighted by Gasteiger charge is 2.09. The van der Waals surface area contributed by atoms with Crippen molar-refractivity contribution < 1.29 is 9.32 Å². The summed E-state index contributed by atoms with van der Waals surface area (Å²) in [6.45, 7) is 0.417. The molecule has 3 aromatic rings. The van der Waals surface area contributed by atoms with Crippen molar-refractivity contribution in [3.05, 3.63) is 48.5 Å². The average Bonchev–Trinajstić information content (AvgIpc) is 3.25. The first-order valence-corrected chi connectivity index (χ1v) is 8.42. The van der Waals surface area contributed by atoms with E-state index in [0.29, 0.717) is 25.8 Å². The number of carbonyl (C=O) groups is 1. The lowest BCUT2D eigenvalue weighted by atomic mass is 10.0. The van der Waals surface area contributed by atoms with Crippen molar-refractivity contribution >= 4 is 5.78 Å². The summed E-state index contributed by atoms with van der Waals surface area (Å²) in [4.78, 5) is 11.5. The summed E-state index contributed by atoms with van der Waals surface area (Å²) in [7, 11) is 1.90. The molecule has 130 valence electrons. The third kappa shape index (κ3) is 4.42. The van der Waals surface area contributed by atoms with Crippen molar-refractivity contribution in [3.63, 3.8) is 0 Å². The van der Waals surface area contributed by atoms with Gasteiger partial charge in [-0.15, -0.1) is 0 Å². The lowest BCUT2D eigenvalue weighted by molar-refractivity contribution is -0.118. The number of ketones is 1. The molecule has 0 bridgehead atoms. The average molecular weight is 338 g/mol. The van der Waals surface area contributed by atoms with Gasteiger partial charge in [0.2, 0.25) is 0 Å². The Morgan fingerprint density at radius 2 is 1.92 bits per heavy atom. The molecule has 0 radical (unpaired) electrons. The standard InChI is InChI=1S/C19H22N4O2/c1-23-13-16(12-21-23)14-5-7-15(8-6-14)19-11-18(25-22-19)4-2-3-17(24)9-10-20/h5-8,11-13H,2-4,9-10,20H2,1H3. The summed E-state index contributed by atoms with van der Waals surface area (Å²) in [5, 5.41) is 8.32. The van der Waals surface area contributed by atoms with Crippen molar-refractivity contribution in [1.29, 1.82) is 0 Å². The molecular formula is C19H22N4O2. The third-order valence-electron chi connectivity index (χ3n) is 4.08. The number of nitrogens with two attached hydrogens (primary N) is 1. The molecule has 3 rings (SSSR count). The first kappa shape index (κ1) is 17.1. The van der Waals surface area contributed by atoms with Gasteiger partial charge < -0.3 is 10.3 Å². The SMILES string of the molecule is Cn1cc(-c2ccc(-c3cc(CCCC(=O)CCN)on3)cc2)cn1. The number of aromatic nitrogens is 3. The van der Waals surface area contributed by atoms with Crippen LogP contribution in [0.4, 0.5) is 0 Å². The number of rotatable bonds is 8. The molecule has 0 saturated heterocycles. The molecule has 0 amide bonds. The molecule has 2 N–H and O–H groups in total. The van der Waals surface area contributed by atoms with E-state index in [1.54, 1.807) is 4.68 Å². The zero-order valence-corrected chi connectivity index (χ0v) is 14.3. The fourth-order valence-corrected chi connectivity index (χ4v) is 2.72. The maximum absolute atomic E-state index is 11.5. The molecule has 0 fully saturated rings. The van der Waals surface area contributed by atoms with Crippen molar-refractivity contribution in [2.24, 2.45) is 12.8 Å². The van der Waals surface area contributed by atoms with Gasteiger partial charge in [0.05, 0.1) is 6.20 Å². The van der Waals surface area contributed by atoms with Gasteiger partial charge in [-0.3, -0.25) is 9.48 Å². The maximum atomic E-state index is 11.5. The van der Waals surface area contributed by atoms with Crippen LogP contribution in [-0.2, 0) is 18.3 Å². The van der Waals surface area contributed by atoms with E-state index in [-0.39, 0.29) is 5.78 Å². The van der Waals surface area contributed by atoms with Crippen LogP contribution in [0.25, 0.3) is 22.4 Å². The van der Waals surface area contributed by atoms with Gasteiger partial charge in [0, 0.05) is 49.7 Å². The molecule has 0 saturated carbocycles. The summed E-state index contributed by atoms with van der Waals surface area (Å²) < 4.78 is 7.16. The van der Waals surface area contributed by atoms with Gasteiger partial charge in [-0.1, -0.05) is 29.4 Å². The van der Waals surface area contributed by atoms with Gasteiger partial charge in [0.1, 0.15) is 17.2 Å². The minimum Gasteiger partial charge on any atom is -0.361 e. The normalized spacial score (nSPS) is 11.0. The van der Waals surface area contributed by atoms with Crippen LogP contribution in [0, 0.1) is 0 Å². The fourth-order valence-electron chi connectivity index (χ4n) is 2.72. The van der Waals surface area contributed by atoms with Crippen LogP contribution in [0.15, 0.2) is 47.2 Å². The second-order valence-corrected chi connectivity index (χ2v) is 6.09. The van der Waals surface area contributed by atoms with E-state index < -0.39 is 0 Å². The van der Waals surface area contributed by atoms with Crippen LogP contribution in [0.1, 0.15) is 25.0 Å². The molecule has 2 aromatic heterocycles. The van der Waals surface area contributed by atoms with Crippen molar-refractivity contribution in [2.75, 3.05) is 6.54 Å². The molecule has 6 nitrogen and oxygen atoms in total. The smallest absolute Gasteiger partial charge is 0.137 e. The monoisotopic (exact) mass is 338 g/mol. The van der Waals surface area contributed by atoms with E-state index in [9.17, 15) is 4.79 Å². The Bertz CT molecular complexity index is 833. The van der Waals surface area contributed by atoms with E-state index in [1.165, 1.54) is 0 Å². The van der Waals surface area contributed by atoms with E-state index in [4.69, 9.17) is 10.3 Å². The van der Waals surface area contributed by atoms with Gasteiger partial charge in [-0.2, -0.15) is 5.10 Å². The van der Waals surface area contributed by atoms with Crippen LogP contribution in [0.2, 0.25) is 0 Å². The molecule has 1 aromatic carbocycles. The van der Waals surface area contributed by atoms with Crippen LogP contribution in [0.3, 0.4) is 0 Å². The molecule has 0 unspecified atom stereocenters. The molecule has 0 spiro atoms. The quantitative estimate of drug-likeness (QED) is 0.682. The highest BCUT2D eigenvalue weighted by Crippen LogP contribution is 2.24. The summed E-state index contributed by atoms with van der Waals surface area (Å²) in [6, 6.07) is 10.1. The predicted octanol–water partition coefficient (Wildman–Crippen LogP) is 2.98. The van der Waals surface area contributed by atoms with Gasteiger partial charge in [0.15, 0.2) is 0 Å². The maximum Gasteiger partial charge on any atom is 0.137 e. The molecule has 0 aliphatic rings. The topological polar surface area (TPSA) is 86.9 Å². The number of nitrogens with zero attached hydrogens (tertiary/aromatic N) is 3. The highest BCUT2D eigenvalue weighted by molar-refractivity contribution is 5.78. The van der Waals surface area contributed by atoms with Crippen molar-refractivity contribution in [1.82, 2.24) is 14.9 Å². The van der Waals surface area contributed by atoms with Crippen molar-refractivity contribution in [2.45, 2.75) is 25.7 Å². The number of benzene rings is 1. The minimum atomic E-state index is 0.202. The summed E-state index contributed by atoms with van der Waals surface area (Å²) in [6.07, 6.45) is 6.27. The summed E-state index contributed by atoms with van der Waals surface area (Å²) in [5.74, 6) is 1.00. The van der Waals surface area contributed by atoms with Crippen LogP contribution < -0.4 is 5.73 Å². The van der Waals surface area contributed by atoms with Crippen LogP contribution >= 0.6 is 0 Å². The number of Topliss-reactive ketones (excluding diaryl/α,β-unsaturated/α-hetero) is 1. The van der Waals surface area contributed by atoms with E-state index in [0.717, 1.165) is 34.6 Å². The largest absolute Gasteiger partial charge is 0.361 e. The Morgan fingerprint density at radius 1 is 1.16 bits per heavy atom. The lowest BCUT2D eigenvalue weighted by Gasteiger charge is -1.99. The van der Waals surface area contributed by atoms with Crippen LogP contribution in [0.5, 0.6) is 0 Å². The third-order valence-corrected chi connectivity index (χ3v) is 4.08. The Morgan fingerprint density at radius 3 is 2.60 bits per heavy atom. The van der Waals surface area contributed by atoms with Gasteiger partial charge >= 0.3 is 0 Å². The van der Waals surface area contributed by atoms with E-state index in [1.807, 2.05) is 49.8 Å². The van der Waals surface area contributed by atoms with Gasteiger partial charge in [0.25, 0.3) is 0 Å². The summed E-state index contributed by atoms with van der Waals surface area (Å²) in [5.41, 5.74) is 9.37. The zero-order valence-electron chi connectivity index (χ0n) is 14.3. The molecule has 6 heteroatoms. The first-order chi connectivity index (χ1) is 12.2. The fraction of sp³-hybridized carbons (Fsp3) is 0.316. The van der Waals surface area contributed by atoms with Gasteiger partial charge in [-0.05, 0) is 18.5 Å². The minimum absolute atomic E-state index is 0.202. The Labute approximate surface area is 146 Å². The van der Waals surface area contributed by atoms with Crippen molar-refractivity contribution in [3.8, 4) is 22.4 Å². The highest BCUT2D eigenvalue weighted by atomic mass is 16.5. The van der Waals surface area contributed by atoms with Crippen LogP contribution in [-0.4, -0.2) is 27.3 Å². The molecular weight excluding hydrogens is 316 g/mol. The zero-order chi connectivity index (χ0) is 17.6. The molecule has 0 atom stereocenters. The lowest BCUT2D eigenvalue weighted by Crippen LogP contribution is -2.07. The van der Waals surface area contributed by atoms with Gasteiger partial charge in [-0.25, -0.2) is 0 Å². The molecule has 0 aliphatic heterocycles. The molecule has 2 heterocycles. The second kappa shape index (κ2) is 7.90. The predicted molar refractivity (Wildman–Crippen MR) is 95.8 cm³/mol. The number of carbonyl (C=O) groups excluding carboxylic acids is 1. The Hall–Kier alpha value is -2.73. The summed E-state index contributed by atoms with van der Waals surface area (Å²) >= 11 is 0. The van der Waals surface area contributed by atoms with E-state index in [2.05, 4.69) is 10.3 Å². The Kier molecular flexibility index (Phi) is 5.40. The number of aryl methyl sites for hydroxylation is 2. The Balaban J connectivity index is 1.61. The number of hydrogen-bond acceptors (Lipinski definition) is 5. The van der Waals surface area contributed by atoms with E-state index >= 15 is 0 Å². The first-order valence-electron chi connectivity index (χ1n) is 8.42.